The van der Waals surface area contributed by atoms with Crippen molar-refractivity contribution in [1.82, 2.24) is 0 Å². The minimum absolute atomic E-state index is 0. The summed E-state index contributed by atoms with van der Waals surface area (Å²) in [7, 11) is 0. The summed E-state index contributed by atoms with van der Waals surface area (Å²) >= 11 is 0. The van der Waals surface area contributed by atoms with E-state index in [1.165, 1.54) is 0 Å². The van der Waals surface area contributed by atoms with Crippen molar-refractivity contribution < 1.29 is 127 Å². The Labute approximate surface area is 198 Å². The quantitative estimate of drug-likeness (QED) is 0.145. The van der Waals surface area contributed by atoms with E-state index in [1.807, 2.05) is 0 Å². The zero-order valence-corrected chi connectivity index (χ0v) is 18.1. The molecule has 0 rings (SSSR count). The first-order valence-corrected chi connectivity index (χ1v) is 0. The molecule has 0 spiro atoms. The summed E-state index contributed by atoms with van der Waals surface area (Å²) in [5.41, 5.74) is 0. The maximum absolute atomic E-state index is 0. The van der Waals surface area contributed by atoms with E-state index in [1.54, 1.807) is 0 Å². The van der Waals surface area contributed by atoms with Crippen LogP contribution in [0.3, 0.4) is 0 Å². The average Bonchev–Trinajstić information content (AvgIpc) is 0. The van der Waals surface area contributed by atoms with Gasteiger partial charge in [0.1, 0.15) is 0 Å². The Morgan fingerprint density at radius 1 is 0.700 bits per heavy atom. The third-order valence-electron chi connectivity index (χ3n) is 0. The molecule has 1 atom stereocenters. The molecule has 0 bridgehead atoms. The van der Waals surface area contributed by atoms with Gasteiger partial charge >= 0.3 is 103 Å². The van der Waals surface area contributed by atoms with Crippen LogP contribution in [0, 0.1) is 7.43 Å². The summed E-state index contributed by atoms with van der Waals surface area (Å²) in [4.78, 5) is 0. The average molecular weight is 464 g/mol. The van der Waals surface area contributed by atoms with E-state index >= 15 is 0 Å². The van der Waals surface area contributed by atoms with Gasteiger partial charge in [0, 0.05) is 0 Å². The SMILES string of the molecule is C.C.C.I.P.S.[CH3-].[I-].[K+].[K+]. The fourth-order valence-electron chi connectivity index (χ4n) is 0. The fraction of sp³-hybridized carbons (Fsp3) is 0.750. The minimum Gasteiger partial charge on any atom is -1.00 e. The Kier molecular flexibility index (Phi) is 937. The third kappa shape index (κ3) is 69.6. The van der Waals surface area contributed by atoms with E-state index in [0.29, 0.717) is 0 Å². The molecule has 0 fully saturated rings. The molecule has 64 valence electrons. The predicted octanol–water partition coefficient (Wildman–Crippen LogP) is -5.84. The van der Waals surface area contributed by atoms with Crippen LogP contribution in [0.5, 0.6) is 0 Å². The largest absolute Gasteiger partial charge is 1.00 e. The van der Waals surface area contributed by atoms with Crippen LogP contribution in [-0.4, -0.2) is 0 Å². The third-order valence-corrected chi connectivity index (χ3v) is 0. The Balaban J connectivity index is 0. The normalized spacial score (nSPS) is 0. The number of hydrogen-bond donors (Lipinski definition) is 0. The van der Waals surface area contributed by atoms with Crippen molar-refractivity contribution >= 4 is 47.4 Å². The van der Waals surface area contributed by atoms with Gasteiger partial charge in [-0.05, 0) is 0 Å². The van der Waals surface area contributed by atoms with Crippen LogP contribution in [0.15, 0.2) is 0 Å². The van der Waals surface area contributed by atoms with Gasteiger partial charge in [0.15, 0.2) is 0 Å². The molecule has 0 aliphatic carbocycles. The number of halogens is 2. The molecule has 10 heavy (non-hydrogen) atoms. The monoisotopic (exact) mass is 464 g/mol. The first-order chi connectivity index (χ1) is 0. The Bertz CT molecular complexity index is 21.2. The summed E-state index contributed by atoms with van der Waals surface area (Å²) in [6.07, 6.45) is 0. The summed E-state index contributed by atoms with van der Waals surface area (Å²) < 4.78 is 0. The molecule has 1 unspecified atom stereocenters. The van der Waals surface area contributed by atoms with Crippen LogP contribution in [0.1, 0.15) is 22.3 Å². The molecule has 0 aromatic carbocycles. The van der Waals surface area contributed by atoms with Gasteiger partial charge in [-0.1, -0.05) is 22.3 Å². The number of rotatable bonds is 0. The molecule has 0 heterocycles. The maximum Gasteiger partial charge on any atom is 1.00 e. The van der Waals surface area contributed by atoms with Crippen molar-refractivity contribution in [1.29, 1.82) is 0 Å². The summed E-state index contributed by atoms with van der Waals surface area (Å²) in [6, 6.07) is 0. The van der Waals surface area contributed by atoms with Crippen molar-refractivity contribution in [3.05, 3.63) is 7.43 Å². The Morgan fingerprint density at radius 2 is 0.700 bits per heavy atom. The molecular formula is C4H21I2K2PS. The second-order valence-corrected chi connectivity index (χ2v) is 0. The zero-order chi connectivity index (χ0) is 0. The molecule has 0 radical (unpaired) electrons. The molecule has 0 aromatic rings. The molecule has 0 nitrogen and oxygen atoms in total. The molecule has 6 heteroatoms. The maximum atomic E-state index is 0. The van der Waals surface area contributed by atoms with Crippen molar-refractivity contribution in [2.45, 2.75) is 22.3 Å². The van der Waals surface area contributed by atoms with Crippen molar-refractivity contribution in [2.75, 3.05) is 0 Å². The second-order valence-electron chi connectivity index (χ2n) is 0. The van der Waals surface area contributed by atoms with E-state index in [0.717, 1.165) is 0 Å². The van der Waals surface area contributed by atoms with E-state index in [2.05, 4.69) is 0 Å². The van der Waals surface area contributed by atoms with Crippen LogP contribution >= 0.6 is 47.4 Å². The fourth-order valence-corrected chi connectivity index (χ4v) is 0. The summed E-state index contributed by atoms with van der Waals surface area (Å²) in [6.45, 7) is 0. The molecule has 0 N–H and O–H groups in total. The van der Waals surface area contributed by atoms with Crippen LogP contribution < -0.4 is 127 Å². The smallest absolute Gasteiger partial charge is 1.00 e. The van der Waals surface area contributed by atoms with E-state index in [4.69, 9.17) is 0 Å². The van der Waals surface area contributed by atoms with Crippen molar-refractivity contribution in [2.24, 2.45) is 0 Å². The van der Waals surface area contributed by atoms with Gasteiger partial charge in [-0.15, -0.1) is 24.0 Å². The number of hydrogen-bond acceptors (Lipinski definition) is 0. The second kappa shape index (κ2) is 87.2. The molecule has 0 saturated carbocycles. The van der Waals surface area contributed by atoms with Crippen molar-refractivity contribution in [3.63, 3.8) is 0 Å². The van der Waals surface area contributed by atoms with E-state index < -0.39 is 0 Å². The van der Waals surface area contributed by atoms with Crippen LogP contribution in [0.4, 0.5) is 0 Å². The Hall–Kier alpha value is 5.51. The van der Waals surface area contributed by atoms with Gasteiger partial charge in [-0.3, -0.25) is 0 Å². The predicted molar refractivity (Wildman–Crippen MR) is 63.5 cm³/mol. The van der Waals surface area contributed by atoms with Gasteiger partial charge < -0.3 is 31.4 Å². The standard InChI is InChI=1S/3CH4.CH3.2HI.2K.H3P.H2S/h3*1H4;1H3;2*1H;;;1H3;1H2/q;;;-1;;;2*+1;;/p-1. The first kappa shape index (κ1) is 108. The van der Waals surface area contributed by atoms with Gasteiger partial charge in [0.25, 0.3) is 0 Å². The summed E-state index contributed by atoms with van der Waals surface area (Å²) in [5, 5.41) is 0. The van der Waals surface area contributed by atoms with Crippen LogP contribution in [0.25, 0.3) is 0 Å². The van der Waals surface area contributed by atoms with Gasteiger partial charge in [0.05, 0.1) is 0 Å². The molecule has 0 aliphatic rings. The summed E-state index contributed by atoms with van der Waals surface area (Å²) in [5.74, 6) is 0. The van der Waals surface area contributed by atoms with Crippen molar-refractivity contribution in [3.8, 4) is 0 Å². The van der Waals surface area contributed by atoms with E-state index in [9.17, 15) is 0 Å². The molecule has 0 aliphatic heterocycles. The van der Waals surface area contributed by atoms with E-state index in [-0.39, 0.29) is 204 Å². The molecule has 0 aromatic heterocycles. The molecule has 0 amide bonds. The van der Waals surface area contributed by atoms with Gasteiger partial charge in [-0.25, -0.2) is 0 Å². The van der Waals surface area contributed by atoms with Crippen LogP contribution in [-0.2, 0) is 0 Å². The minimum atomic E-state index is 0. The molecule has 0 saturated heterocycles. The zero-order valence-electron chi connectivity index (χ0n) is 4.99. The molecular weight excluding hydrogens is 443 g/mol. The first-order valence-electron chi connectivity index (χ1n) is 0. The van der Waals surface area contributed by atoms with Gasteiger partial charge in [0.2, 0.25) is 0 Å². The van der Waals surface area contributed by atoms with Crippen LogP contribution in [0.2, 0.25) is 0 Å². The Morgan fingerprint density at radius 3 is 0.700 bits per heavy atom. The van der Waals surface area contributed by atoms with Gasteiger partial charge in [-0.2, -0.15) is 23.4 Å². The topological polar surface area (TPSA) is 0 Å².